The normalized spacial score (nSPS) is 12.4. The summed E-state index contributed by atoms with van der Waals surface area (Å²) in [5, 5.41) is 8.31. The first-order chi connectivity index (χ1) is 15.0. The quantitative estimate of drug-likeness (QED) is 0.302. The molecule has 0 atom stereocenters. The smallest absolute Gasteiger partial charge is 0.261 e. The summed E-state index contributed by atoms with van der Waals surface area (Å²) in [5.74, 6) is -0.403. The SMILES string of the molecule is COC(=N)c1ccc(CCc2ccc(CN3C(=O)c4ccccc4C3=O)cc2Cl)cc1.Cl. The zero-order valence-corrected chi connectivity index (χ0v) is 19.0. The summed E-state index contributed by atoms with van der Waals surface area (Å²) in [6.45, 7) is 0.194. The van der Waals surface area contributed by atoms with Crippen molar-refractivity contribution in [3.63, 3.8) is 0 Å². The number of hydrogen-bond donors (Lipinski definition) is 1. The highest BCUT2D eigenvalue weighted by molar-refractivity contribution is 6.31. The number of hydrogen-bond acceptors (Lipinski definition) is 4. The van der Waals surface area contributed by atoms with Crippen molar-refractivity contribution in [2.45, 2.75) is 19.4 Å². The minimum Gasteiger partial charge on any atom is -0.481 e. The molecule has 3 aromatic carbocycles. The van der Waals surface area contributed by atoms with E-state index in [-0.39, 0.29) is 36.7 Å². The molecule has 0 aromatic heterocycles. The zero-order chi connectivity index (χ0) is 22.0. The number of fused-ring (bicyclic) bond motifs is 1. The fourth-order valence-corrected chi connectivity index (χ4v) is 3.97. The van der Waals surface area contributed by atoms with Crippen LogP contribution in [0.3, 0.4) is 0 Å². The van der Waals surface area contributed by atoms with E-state index in [2.05, 4.69) is 0 Å². The summed E-state index contributed by atoms with van der Waals surface area (Å²) in [6.07, 6.45) is 1.56. The summed E-state index contributed by atoms with van der Waals surface area (Å²) in [5.41, 5.74) is 4.58. The number of nitrogens with one attached hydrogen (secondary N) is 1. The van der Waals surface area contributed by atoms with Crippen LogP contribution in [0.15, 0.2) is 66.7 Å². The number of aryl methyl sites for hydroxylation is 2. The van der Waals surface area contributed by atoms with Crippen LogP contribution in [0.2, 0.25) is 5.02 Å². The molecular formula is C25H22Cl2N2O3. The van der Waals surface area contributed by atoms with Crippen LogP contribution in [0.4, 0.5) is 0 Å². The summed E-state index contributed by atoms with van der Waals surface area (Å²) >= 11 is 6.50. The molecule has 1 aliphatic heterocycles. The summed E-state index contributed by atoms with van der Waals surface area (Å²) in [6, 6.07) is 20.3. The molecule has 3 aromatic rings. The summed E-state index contributed by atoms with van der Waals surface area (Å²) < 4.78 is 4.93. The van der Waals surface area contributed by atoms with Gasteiger partial charge in [0.25, 0.3) is 11.8 Å². The number of nitrogens with zero attached hydrogens (tertiary/aromatic N) is 1. The molecule has 1 aliphatic rings. The first-order valence-corrected chi connectivity index (χ1v) is 10.3. The van der Waals surface area contributed by atoms with Crippen LogP contribution in [0.25, 0.3) is 0 Å². The standard InChI is InChI=1S/C25H21ClN2O3.ClH/c1-31-23(27)19-12-7-16(8-13-19)6-10-18-11-9-17(14-22(18)26)15-28-24(29)20-4-2-3-5-21(20)25(28)30;/h2-5,7-9,11-14,27H,6,10,15H2,1H3;1H. The molecule has 7 heteroatoms. The number of ether oxygens (including phenoxy) is 1. The van der Waals surface area contributed by atoms with Gasteiger partial charge in [0.1, 0.15) is 0 Å². The van der Waals surface area contributed by atoms with Crippen molar-refractivity contribution in [3.8, 4) is 0 Å². The van der Waals surface area contributed by atoms with Crippen LogP contribution in [-0.2, 0) is 24.1 Å². The minimum atomic E-state index is -0.272. The number of carbonyl (C=O) groups is 2. The Kier molecular flexibility index (Phi) is 7.33. The lowest BCUT2D eigenvalue weighted by atomic mass is 10.0. The van der Waals surface area contributed by atoms with Crippen molar-refractivity contribution in [2.24, 2.45) is 0 Å². The van der Waals surface area contributed by atoms with E-state index in [1.165, 1.54) is 12.0 Å². The number of methoxy groups -OCH3 is 1. The van der Waals surface area contributed by atoms with Gasteiger partial charge in [-0.2, -0.15) is 0 Å². The molecule has 0 spiro atoms. The predicted molar refractivity (Wildman–Crippen MR) is 127 cm³/mol. The van der Waals surface area contributed by atoms with Gasteiger partial charge in [0.2, 0.25) is 5.90 Å². The van der Waals surface area contributed by atoms with Crippen LogP contribution in [0.1, 0.15) is 43.0 Å². The van der Waals surface area contributed by atoms with Crippen LogP contribution in [-0.4, -0.2) is 29.7 Å². The van der Waals surface area contributed by atoms with Gasteiger partial charge < -0.3 is 4.74 Å². The van der Waals surface area contributed by atoms with Crippen molar-refractivity contribution < 1.29 is 14.3 Å². The third-order valence-electron chi connectivity index (χ3n) is 5.44. The first-order valence-electron chi connectivity index (χ1n) is 9.92. The Bertz CT molecular complexity index is 1140. The third kappa shape index (κ3) is 4.69. The average Bonchev–Trinajstić information content (AvgIpc) is 3.03. The number of amides is 2. The number of halogens is 2. The molecule has 0 fully saturated rings. The van der Waals surface area contributed by atoms with Crippen LogP contribution in [0.5, 0.6) is 0 Å². The van der Waals surface area contributed by atoms with E-state index < -0.39 is 0 Å². The van der Waals surface area contributed by atoms with Gasteiger partial charge in [0, 0.05) is 10.6 Å². The maximum Gasteiger partial charge on any atom is 0.261 e. The van der Waals surface area contributed by atoms with E-state index in [9.17, 15) is 9.59 Å². The average molecular weight is 469 g/mol. The highest BCUT2D eigenvalue weighted by Crippen LogP contribution is 2.26. The topological polar surface area (TPSA) is 70.5 Å². The monoisotopic (exact) mass is 468 g/mol. The van der Waals surface area contributed by atoms with Gasteiger partial charge in [0.05, 0.1) is 24.8 Å². The van der Waals surface area contributed by atoms with Gasteiger partial charge in [-0.05, 0) is 59.9 Å². The van der Waals surface area contributed by atoms with Crippen molar-refractivity contribution in [2.75, 3.05) is 7.11 Å². The highest BCUT2D eigenvalue weighted by Gasteiger charge is 2.34. The molecule has 0 saturated carbocycles. The molecule has 0 saturated heterocycles. The molecule has 32 heavy (non-hydrogen) atoms. The number of benzene rings is 3. The number of carbonyl (C=O) groups excluding carboxylic acids is 2. The van der Waals surface area contributed by atoms with Gasteiger partial charge in [-0.1, -0.05) is 48.0 Å². The molecule has 5 nitrogen and oxygen atoms in total. The second-order valence-electron chi connectivity index (χ2n) is 7.40. The van der Waals surface area contributed by atoms with E-state index in [4.69, 9.17) is 21.7 Å². The van der Waals surface area contributed by atoms with Gasteiger partial charge in [-0.3, -0.25) is 19.9 Å². The van der Waals surface area contributed by atoms with Gasteiger partial charge in [-0.25, -0.2) is 0 Å². The Morgan fingerprint density at radius 2 is 1.50 bits per heavy atom. The second kappa shape index (κ2) is 9.98. The van der Waals surface area contributed by atoms with Crippen LogP contribution >= 0.6 is 24.0 Å². The van der Waals surface area contributed by atoms with Crippen LogP contribution in [0, 0.1) is 5.41 Å². The predicted octanol–water partition coefficient (Wildman–Crippen LogP) is 5.31. The van der Waals surface area contributed by atoms with Gasteiger partial charge in [-0.15, -0.1) is 12.4 Å². The lowest BCUT2D eigenvalue weighted by Crippen LogP contribution is -2.29. The second-order valence-corrected chi connectivity index (χ2v) is 7.81. The van der Waals surface area contributed by atoms with E-state index in [0.717, 1.165) is 35.1 Å². The van der Waals surface area contributed by atoms with Crippen molar-refractivity contribution >= 4 is 41.7 Å². The molecule has 2 amide bonds. The van der Waals surface area contributed by atoms with E-state index >= 15 is 0 Å². The van der Waals surface area contributed by atoms with E-state index in [1.54, 1.807) is 24.3 Å². The number of rotatable bonds is 6. The summed E-state index contributed by atoms with van der Waals surface area (Å²) in [7, 11) is 1.48. The lowest BCUT2D eigenvalue weighted by Gasteiger charge is -2.15. The Hall–Kier alpha value is -3.15. The molecule has 0 radical (unpaired) electrons. The van der Waals surface area contributed by atoms with Crippen molar-refractivity contribution in [1.29, 1.82) is 5.41 Å². The molecule has 0 aliphatic carbocycles. The Morgan fingerprint density at radius 3 is 2.06 bits per heavy atom. The maximum absolute atomic E-state index is 12.6. The van der Waals surface area contributed by atoms with Gasteiger partial charge in [0.15, 0.2) is 0 Å². The number of imide groups is 1. The molecule has 4 rings (SSSR count). The lowest BCUT2D eigenvalue weighted by molar-refractivity contribution is 0.0642. The summed E-state index contributed by atoms with van der Waals surface area (Å²) in [4.78, 5) is 26.4. The fraction of sp³-hybridized carbons (Fsp3) is 0.160. The van der Waals surface area contributed by atoms with E-state index in [0.29, 0.717) is 16.1 Å². The maximum atomic E-state index is 12.6. The van der Waals surface area contributed by atoms with E-state index in [1.807, 2.05) is 42.5 Å². The largest absolute Gasteiger partial charge is 0.481 e. The highest BCUT2D eigenvalue weighted by atomic mass is 35.5. The Balaban J connectivity index is 0.00000289. The third-order valence-corrected chi connectivity index (χ3v) is 5.79. The molecule has 0 bridgehead atoms. The Morgan fingerprint density at radius 1 is 0.906 bits per heavy atom. The minimum absolute atomic E-state index is 0. The molecule has 164 valence electrons. The molecule has 0 unspecified atom stereocenters. The fourth-order valence-electron chi connectivity index (χ4n) is 3.68. The van der Waals surface area contributed by atoms with Crippen LogP contribution < -0.4 is 0 Å². The molecular weight excluding hydrogens is 447 g/mol. The molecule has 1 N–H and O–H groups in total. The zero-order valence-electron chi connectivity index (χ0n) is 17.4. The Labute approximate surface area is 197 Å². The molecule has 1 heterocycles. The van der Waals surface area contributed by atoms with Crippen molar-refractivity contribution in [3.05, 3.63) is 105 Å². The first kappa shape index (κ1) is 23.5. The van der Waals surface area contributed by atoms with Gasteiger partial charge >= 0.3 is 0 Å². The van der Waals surface area contributed by atoms with Crippen molar-refractivity contribution in [1.82, 2.24) is 4.90 Å².